The van der Waals surface area contributed by atoms with Gasteiger partial charge in [0.1, 0.15) is 10.6 Å². The van der Waals surface area contributed by atoms with Crippen molar-refractivity contribution < 1.29 is 13.2 Å². The number of rotatable bonds is 6. The number of hydrogen-bond donors (Lipinski definition) is 1. The maximum absolute atomic E-state index is 12.5. The lowest BCUT2D eigenvalue weighted by molar-refractivity contribution is 0.331. The second kappa shape index (κ2) is 6.76. The molecule has 1 aromatic carbocycles. The van der Waals surface area contributed by atoms with E-state index in [4.69, 9.17) is 4.74 Å². The number of aryl methyl sites for hydroxylation is 1. The van der Waals surface area contributed by atoms with Crippen molar-refractivity contribution in [2.75, 3.05) is 6.61 Å². The van der Waals surface area contributed by atoms with E-state index in [-0.39, 0.29) is 10.9 Å². The van der Waals surface area contributed by atoms with Crippen LogP contribution in [0.4, 0.5) is 0 Å². The lowest BCUT2D eigenvalue weighted by Crippen LogP contribution is -2.30. The number of hydrogen-bond acceptors (Lipinski definition) is 5. The van der Waals surface area contributed by atoms with Crippen molar-refractivity contribution in [3.05, 3.63) is 28.6 Å². The Kier molecular flexibility index (Phi) is 5.20. The fourth-order valence-corrected chi connectivity index (χ4v) is 4.07. The summed E-state index contributed by atoms with van der Waals surface area (Å²) < 4.78 is 33.1. The van der Waals surface area contributed by atoms with Gasteiger partial charge in [0.2, 0.25) is 10.0 Å². The van der Waals surface area contributed by atoms with Crippen LogP contribution in [0.1, 0.15) is 25.8 Å². The van der Waals surface area contributed by atoms with Crippen LogP contribution >= 0.6 is 11.3 Å². The van der Waals surface area contributed by atoms with Crippen molar-refractivity contribution in [2.45, 2.75) is 38.6 Å². The molecule has 0 atom stereocenters. The van der Waals surface area contributed by atoms with Crippen LogP contribution in [0.2, 0.25) is 0 Å². The number of nitrogens with one attached hydrogen (secondary N) is 1. The lowest BCUT2D eigenvalue weighted by Gasteiger charge is -2.14. The number of nitrogens with zero attached hydrogens (tertiary/aromatic N) is 1. The summed E-state index contributed by atoms with van der Waals surface area (Å²) in [6.45, 7) is 7.71. The Labute approximate surface area is 135 Å². The first-order chi connectivity index (χ1) is 10.3. The van der Waals surface area contributed by atoms with Gasteiger partial charge in [0.15, 0.2) is 0 Å². The summed E-state index contributed by atoms with van der Waals surface area (Å²) in [7, 11) is -3.64. The first kappa shape index (κ1) is 16.9. The summed E-state index contributed by atoms with van der Waals surface area (Å²) in [6, 6.07) is 4.94. The van der Waals surface area contributed by atoms with E-state index in [1.165, 1.54) is 11.3 Å². The molecule has 0 aliphatic carbocycles. The smallest absolute Gasteiger partial charge is 0.244 e. The van der Waals surface area contributed by atoms with Crippen LogP contribution in [0.5, 0.6) is 5.75 Å². The number of thiazole rings is 1. The van der Waals surface area contributed by atoms with Crippen LogP contribution < -0.4 is 9.46 Å². The number of sulfonamides is 1. The van der Waals surface area contributed by atoms with Gasteiger partial charge in [-0.2, -0.15) is 0 Å². The predicted octanol–water partition coefficient (Wildman–Crippen LogP) is 3.20. The van der Waals surface area contributed by atoms with E-state index in [2.05, 4.69) is 9.71 Å². The van der Waals surface area contributed by atoms with Gasteiger partial charge in [-0.3, -0.25) is 0 Å². The average Bonchev–Trinajstić information content (AvgIpc) is 2.84. The Morgan fingerprint density at radius 2 is 2.09 bits per heavy atom. The minimum absolute atomic E-state index is 0.145. The van der Waals surface area contributed by atoms with Crippen LogP contribution in [0.15, 0.2) is 28.5 Å². The van der Waals surface area contributed by atoms with Gasteiger partial charge in [-0.25, -0.2) is 18.1 Å². The lowest BCUT2D eigenvalue weighted by atomic mass is 10.2. The molecule has 120 valence electrons. The van der Waals surface area contributed by atoms with Gasteiger partial charge >= 0.3 is 0 Å². The van der Waals surface area contributed by atoms with Crippen molar-refractivity contribution >= 4 is 21.4 Å². The molecule has 2 rings (SSSR count). The zero-order valence-corrected chi connectivity index (χ0v) is 14.7. The minimum atomic E-state index is -3.64. The van der Waals surface area contributed by atoms with E-state index in [0.29, 0.717) is 12.4 Å². The highest BCUT2D eigenvalue weighted by Crippen LogP contribution is 2.30. The van der Waals surface area contributed by atoms with E-state index in [1.54, 1.807) is 26.0 Å². The van der Waals surface area contributed by atoms with Crippen LogP contribution in [0.25, 0.3) is 11.3 Å². The highest BCUT2D eigenvalue weighted by molar-refractivity contribution is 7.89. The third kappa shape index (κ3) is 3.85. The summed E-state index contributed by atoms with van der Waals surface area (Å²) in [4.78, 5) is 4.55. The molecule has 0 unspecified atom stereocenters. The maximum atomic E-state index is 12.5. The summed E-state index contributed by atoms with van der Waals surface area (Å²) in [5.74, 6) is 0.353. The van der Waals surface area contributed by atoms with Gasteiger partial charge in [0.25, 0.3) is 0 Å². The largest absolute Gasteiger partial charge is 0.492 e. The first-order valence-corrected chi connectivity index (χ1v) is 9.41. The molecule has 2 aromatic rings. The standard InChI is InChI=1S/C15H20N2O3S2/c1-5-20-14-7-6-12(13-9-21-11(4)16-13)8-15(14)22(18,19)17-10(2)3/h6-10,17H,5H2,1-4H3. The Morgan fingerprint density at radius 3 is 2.64 bits per heavy atom. The third-order valence-electron chi connectivity index (χ3n) is 2.84. The normalized spacial score (nSPS) is 11.9. The molecule has 0 fully saturated rings. The van der Waals surface area contributed by atoms with E-state index < -0.39 is 10.0 Å². The molecule has 0 aliphatic heterocycles. The molecule has 0 saturated heterocycles. The van der Waals surface area contributed by atoms with E-state index >= 15 is 0 Å². The van der Waals surface area contributed by atoms with Gasteiger partial charge in [-0.15, -0.1) is 11.3 Å². The molecule has 0 aliphatic rings. The zero-order chi connectivity index (χ0) is 16.3. The van der Waals surface area contributed by atoms with Crippen molar-refractivity contribution in [2.24, 2.45) is 0 Å². The Morgan fingerprint density at radius 1 is 1.36 bits per heavy atom. The number of benzene rings is 1. The number of aromatic nitrogens is 1. The molecule has 22 heavy (non-hydrogen) atoms. The highest BCUT2D eigenvalue weighted by atomic mass is 32.2. The second-order valence-corrected chi connectivity index (χ2v) is 7.87. The fraction of sp³-hybridized carbons (Fsp3) is 0.400. The molecule has 5 nitrogen and oxygen atoms in total. The van der Waals surface area contributed by atoms with Crippen molar-refractivity contribution in [1.82, 2.24) is 9.71 Å². The van der Waals surface area contributed by atoms with Gasteiger partial charge < -0.3 is 4.74 Å². The van der Waals surface area contributed by atoms with Crippen LogP contribution in [-0.2, 0) is 10.0 Å². The monoisotopic (exact) mass is 340 g/mol. The van der Waals surface area contributed by atoms with E-state index in [1.807, 2.05) is 25.3 Å². The van der Waals surface area contributed by atoms with Gasteiger partial charge in [0, 0.05) is 17.0 Å². The topological polar surface area (TPSA) is 68.3 Å². The van der Waals surface area contributed by atoms with Gasteiger partial charge in [-0.05, 0) is 45.9 Å². The SMILES string of the molecule is CCOc1ccc(-c2csc(C)n2)cc1S(=O)(=O)NC(C)C. The average molecular weight is 340 g/mol. The summed E-state index contributed by atoms with van der Waals surface area (Å²) in [5, 5.41) is 2.85. The molecule has 0 amide bonds. The molecule has 1 aromatic heterocycles. The zero-order valence-electron chi connectivity index (χ0n) is 13.1. The first-order valence-electron chi connectivity index (χ1n) is 7.05. The summed E-state index contributed by atoms with van der Waals surface area (Å²) >= 11 is 1.53. The molecular weight excluding hydrogens is 320 g/mol. The molecular formula is C15H20N2O3S2. The Bertz CT molecular complexity index is 752. The van der Waals surface area contributed by atoms with E-state index in [9.17, 15) is 8.42 Å². The Hall–Kier alpha value is -1.44. The molecule has 1 N–H and O–H groups in total. The predicted molar refractivity (Wildman–Crippen MR) is 88.9 cm³/mol. The molecule has 0 radical (unpaired) electrons. The van der Waals surface area contributed by atoms with Crippen molar-refractivity contribution in [1.29, 1.82) is 0 Å². The molecule has 0 saturated carbocycles. The van der Waals surface area contributed by atoms with Gasteiger partial charge in [-0.1, -0.05) is 0 Å². The minimum Gasteiger partial charge on any atom is -0.492 e. The van der Waals surface area contributed by atoms with Gasteiger partial charge in [0.05, 0.1) is 17.3 Å². The number of ether oxygens (including phenoxy) is 1. The molecule has 1 heterocycles. The Balaban J connectivity index is 2.53. The van der Waals surface area contributed by atoms with E-state index in [0.717, 1.165) is 16.3 Å². The van der Waals surface area contributed by atoms with Crippen LogP contribution in [0.3, 0.4) is 0 Å². The fourth-order valence-electron chi connectivity index (χ4n) is 2.02. The molecule has 0 spiro atoms. The summed E-state index contributed by atoms with van der Waals surface area (Å²) in [6.07, 6.45) is 0. The third-order valence-corrected chi connectivity index (χ3v) is 5.29. The highest BCUT2D eigenvalue weighted by Gasteiger charge is 2.22. The molecule has 7 heteroatoms. The van der Waals surface area contributed by atoms with Crippen molar-refractivity contribution in [3.8, 4) is 17.0 Å². The summed E-state index contributed by atoms with van der Waals surface area (Å²) in [5.41, 5.74) is 1.53. The van der Waals surface area contributed by atoms with Crippen molar-refractivity contribution in [3.63, 3.8) is 0 Å². The maximum Gasteiger partial charge on any atom is 0.244 e. The second-order valence-electron chi connectivity index (χ2n) is 5.12. The van der Waals surface area contributed by atoms with Crippen LogP contribution in [0, 0.1) is 6.92 Å². The van der Waals surface area contributed by atoms with Crippen LogP contribution in [-0.4, -0.2) is 26.1 Å². The molecule has 0 bridgehead atoms. The quantitative estimate of drug-likeness (QED) is 0.877.